The molecule has 30 heavy (non-hydrogen) atoms. The number of fused-ring (bicyclic) bond motifs is 4. The third kappa shape index (κ3) is 3.15. The summed E-state index contributed by atoms with van der Waals surface area (Å²) < 4.78 is 8.73. The predicted octanol–water partition coefficient (Wildman–Crippen LogP) is 7.95. The zero-order chi connectivity index (χ0) is 20.7. The van der Waals surface area contributed by atoms with Gasteiger partial charge in [-0.1, -0.05) is 81.4 Å². The molecule has 0 spiro atoms. The highest BCUT2D eigenvalue weighted by atomic mass is 16.3. The molecule has 0 bridgehead atoms. The van der Waals surface area contributed by atoms with Gasteiger partial charge in [0.1, 0.15) is 5.58 Å². The van der Waals surface area contributed by atoms with E-state index in [9.17, 15) is 0 Å². The van der Waals surface area contributed by atoms with Crippen molar-refractivity contribution in [2.24, 2.45) is 0 Å². The Balaban J connectivity index is 1.98. The maximum Gasteiger partial charge on any atom is 0.151 e. The average molecular weight is 392 g/mol. The average Bonchev–Trinajstić information content (AvgIpc) is 2.75. The zero-order valence-electron chi connectivity index (χ0n) is 17.6. The minimum Gasteiger partial charge on any atom is -0.455 e. The Hall–Kier alpha value is -3.52. The summed E-state index contributed by atoms with van der Waals surface area (Å²) in [6, 6.07) is 33.9. The van der Waals surface area contributed by atoms with Gasteiger partial charge in [-0.25, -0.2) is 0 Å². The number of hydrogen-bond donors (Lipinski definition) is 0. The molecule has 0 atom stereocenters. The molecule has 4 aromatic carbocycles. The van der Waals surface area contributed by atoms with Crippen molar-refractivity contribution in [2.45, 2.75) is 26.2 Å². The van der Waals surface area contributed by atoms with Crippen LogP contribution in [0.15, 0.2) is 101 Å². The number of aromatic nitrogens is 1. The van der Waals surface area contributed by atoms with Crippen molar-refractivity contribution in [1.29, 1.82) is 0 Å². The Bertz CT molecular complexity index is 1410. The summed E-state index contributed by atoms with van der Waals surface area (Å²) in [4.78, 5) is 0. The summed E-state index contributed by atoms with van der Waals surface area (Å²) in [6.45, 7) is 6.73. The molecule has 148 valence electrons. The lowest BCUT2D eigenvalue weighted by Crippen LogP contribution is -2.11. The van der Waals surface area contributed by atoms with Crippen LogP contribution < -0.4 is 0 Å². The third-order valence-corrected chi connectivity index (χ3v) is 5.64. The lowest BCUT2D eigenvalue weighted by molar-refractivity contribution is 0.590. The van der Waals surface area contributed by atoms with E-state index in [0.29, 0.717) is 0 Å². The van der Waals surface area contributed by atoms with E-state index in [1.165, 1.54) is 5.56 Å². The minimum absolute atomic E-state index is 0.118. The van der Waals surface area contributed by atoms with Crippen LogP contribution in [0, 0.1) is 0 Å². The van der Waals surface area contributed by atoms with Crippen LogP contribution in [0.2, 0.25) is 0 Å². The third-order valence-electron chi connectivity index (χ3n) is 5.64. The summed E-state index contributed by atoms with van der Waals surface area (Å²) in [5, 5.41) is 2.25. The van der Waals surface area contributed by atoms with Gasteiger partial charge < -0.3 is 8.98 Å². The van der Waals surface area contributed by atoms with E-state index < -0.39 is 0 Å². The van der Waals surface area contributed by atoms with Crippen LogP contribution in [0.3, 0.4) is 0 Å². The van der Waals surface area contributed by atoms with Crippen LogP contribution in [-0.4, -0.2) is 4.57 Å². The van der Waals surface area contributed by atoms with Crippen molar-refractivity contribution in [3.63, 3.8) is 0 Å². The zero-order valence-corrected chi connectivity index (χ0v) is 17.6. The number of benzene rings is 4. The number of para-hydroxylation sites is 4. The molecule has 0 radical (unpaired) electrons. The monoisotopic (exact) mass is 391 g/mol. The molecule has 0 aliphatic heterocycles. The molecule has 1 heterocycles. The Morgan fingerprint density at radius 1 is 0.567 bits per heavy atom. The van der Waals surface area contributed by atoms with Crippen molar-refractivity contribution >= 4 is 33.0 Å². The molecular formula is C28H25NO. The smallest absolute Gasteiger partial charge is 0.151 e. The Morgan fingerprint density at radius 2 is 1.13 bits per heavy atom. The minimum atomic E-state index is 0.118. The fourth-order valence-corrected chi connectivity index (χ4v) is 4.04. The van der Waals surface area contributed by atoms with E-state index in [-0.39, 0.29) is 5.41 Å². The van der Waals surface area contributed by atoms with E-state index in [4.69, 9.17) is 4.42 Å². The van der Waals surface area contributed by atoms with E-state index >= 15 is 0 Å². The molecule has 2 heteroatoms. The number of rotatable bonds is 1. The molecule has 5 aromatic rings. The summed E-state index contributed by atoms with van der Waals surface area (Å²) in [5.41, 5.74) is 6.45. The standard InChI is InChI=1S/C28H25NO/c1-28(2,3)20-16-18-21(19-17-20)29-24-12-6-4-10-22(24)23-11-5-8-14-26(23)30-27-15-9-7-13-25(27)29/h4-19H,1-3H3. The Labute approximate surface area is 176 Å². The van der Waals surface area contributed by atoms with Gasteiger partial charge in [-0.2, -0.15) is 0 Å². The highest BCUT2D eigenvalue weighted by molar-refractivity contribution is 6.04. The Morgan fingerprint density at radius 3 is 1.83 bits per heavy atom. The van der Waals surface area contributed by atoms with Gasteiger partial charge in [0.05, 0.1) is 11.0 Å². The van der Waals surface area contributed by atoms with Gasteiger partial charge in [-0.3, -0.25) is 0 Å². The van der Waals surface area contributed by atoms with E-state index in [1.807, 2.05) is 24.3 Å². The normalized spacial score (nSPS) is 11.8. The van der Waals surface area contributed by atoms with Gasteiger partial charge in [-0.15, -0.1) is 0 Å². The van der Waals surface area contributed by atoms with Gasteiger partial charge in [0.15, 0.2) is 5.58 Å². The maximum atomic E-state index is 6.43. The predicted molar refractivity (Wildman–Crippen MR) is 127 cm³/mol. The SMILES string of the molecule is CC(C)(C)c1ccc(-n2c3ccccc3oc3ccccc3c3ccccc32)cc1. The molecule has 0 aliphatic carbocycles. The maximum absolute atomic E-state index is 6.43. The molecule has 0 fully saturated rings. The highest BCUT2D eigenvalue weighted by Crippen LogP contribution is 2.30. The van der Waals surface area contributed by atoms with Gasteiger partial charge in [0.2, 0.25) is 0 Å². The molecular weight excluding hydrogens is 366 g/mol. The second-order valence-electron chi connectivity index (χ2n) is 8.72. The van der Waals surface area contributed by atoms with E-state index in [0.717, 1.165) is 38.7 Å². The fraction of sp³-hybridized carbons (Fsp3) is 0.143. The first kappa shape index (κ1) is 18.5. The lowest BCUT2D eigenvalue weighted by atomic mass is 9.87. The quantitative estimate of drug-likeness (QED) is 0.283. The largest absolute Gasteiger partial charge is 0.455 e. The molecule has 2 nitrogen and oxygen atoms in total. The van der Waals surface area contributed by atoms with Crippen LogP contribution >= 0.6 is 0 Å². The van der Waals surface area contributed by atoms with Crippen molar-refractivity contribution in [3.8, 4) is 5.69 Å². The van der Waals surface area contributed by atoms with E-state index in [2.05, 4.69) is 98.1 Å². The van der Waals surface area contributed by atoms with Crippen LogP contribution in [0.4, 0.5) is 0 Å². The summed E-state index contributed by atoms with van der Waals surface area (Å²) in [7, 11) is 0. The Kier molecular flexibility index (Phi) is 4.36. The molecule has 5 rings (SSSR count). The van der Waals surface area contributed by atoms with Crippen molar-refractivity contribution < 1.29 is 4.42 Å². The number of nitrogens with zero attached hydrogens (tertiary/aromatic N) is 1. The second kappa shape index (κ2) is 7.07. The fourth-order valence-electron chi connectivity index (χ4n) is 4.04. The molecule has 0 N–H and O–H groups in total. The second-order valence-corrected chi connectivity index (χ2v) is 8.72. The number of hydrogen-bond acceptors (Lipinski definition) is 1. The van der Waals surface area contributed by atoms with Crippen LogP contribution in [0.25, 0.3) is 38.7 Å². The lowest BCUT2D eigenvalue weighted by Gasteiger charge is -2.20. The first-order valence-corrected chi connectivity index (χ1v) is 10.4. The van der Waals surface area contributed by atoms with Crippen molar-refractivity contribution in [3.05, 3.63) is 103 Å². The summed E-state index contributed by atoms with van der Waals surface area (Å²) in [6.07, 6.45) is 0. The first-order chi connectivity index (χ1) is 14.5. The molecule has 0 saturated heterocycles. The molecule has 0 unspecified atom stereocenters. The van der Waals surface area contributed by atoms with Crippen LogP contribution in [-0.2, 0) is 5.41 Å². The topological polar surface area (TPSA) is 18.1 Å². The molecule has 0 amide bonds. The van der Waals surface area contributed by atoms with Gasteiger partial charge in [0.25, 0.3) is 0 Å². The summed E-state index contributed by atoms with van der Waals surface area (Å²) in [5.74, 6) is 0. The molecule has 0 saturated carbocycles. The first-order valence-electron chi connectivity index (χ1n) is 10.4. The van der Waals surface area contributed by atoms with E-state index in [1.54, 1.807) is 0 Å². The van der Waals surface area contributed by atoms with Crippen molar-refractivity contribution in [2.75, 3.05) is 0 Å². The van der Waals surface area contributed by atoms with Gasteiger partial charge in [0, 0.05) is 16.5 Å². The molecule has 1 aromatic heterocycles. The highest BCUT2D eigenvalue weighted by Gasteiger charge is 2.14. The van der Waals surface area contributed by atoms with Crippen molar-refractivity contribution in [1.82, 2.24) is 4.57 Å². The van der Waals surface area contributed by atoms with Gasteiger partial charge in [-0.05, 0) is 47.4 Å². The van der Waals surface area contributed by atoms with Crippen LogP contribution in [0.1, 0.15) is 26.3 Å². The molecule has 0 aliphatic rings. The van der Waals surface area contributed by atoms with Gasteiger partial charge >= 0.3 is 0 Å². The van der Waals surface area contributed by atoms with Crippen LogP contribution in [0.5, 0.6) is 0 Å². The summed E-state index contributed by atoms with van der Waals surface area (Å²) >= 11 is 0.